The lowest BCUT2D eigenvalue weighted by atomic mass is 10.1. The number of ether oxygens (including phenoxy) is 3. The number of fused-ring (bicyclic) bond motifs is 2. The highest BCUT2D eigenvalue weighted by molar-refractivity contribution is 6.06. The quantitative estimate of drug-likeness (QED) is 0.250. The first kappa shape index (κ1) is 25.6. The SMILES string of the molecule is C=C(CCCCOc1cc2c(cc1OC)C(=O)N1CCCC1C(O)N2C(=O)OC(C)(C)C)OO. The number of rotatable bonds is 8. The summed E-state index contributed by atoms with van der Waals surface area (Å²) in [6, 6.07) is 2.54. The maximum absolute atomic E-state index is 13.4. The van der Waals surface area contributed by atoms with Crippen LogP contribution in [0.25, 0.3) is 0 Å². The highest BCUT2D eigenvalue weighted by Crippen LogP contribution is 2.41. The number of hydrogen-bond acceptors (Lipinski definition) is 8. The van der Waals surface area contributed by atoms with Crippen LogP contribution in [0.3, 0.4) is 0 Å². The minimum atomic E-state index is -1.27. The molecule has 0 radical (unpaired) electrons. The monoisotopic (exact) mass is 478 g/mol. The largest absolute Gasteiger partial charge is 0.493 e. The summed E-state index contributed by atoms with van der Waals surface area (Å²) in [4.78, 5) is 33.4. The molecule has 34 heavy (non-hydrogen) atoms. The molecule has 2 heterocycles. The Balaban J connectivity index is 1.95. The molecule has 188 valence electrons. The lowest BCUT2D eigenvalue weighted by molar-refractivity contribution is -0.205. The average molecular weight is 479 g/mol. The zero-order valence-corrected chi connectivity index (χ0v) is 20.2. The molecule has 0 bridgehead atoms. The van der Waals surface area contributed by atoms with Crippen molar-refractivity contribution in [3.05, 3.63) is 30.0 Å². The van der Waals surface area contributed by atoms with Crippen LogP contribution in [-0.4, -0.2) is 65.4 Å². The zero-order valence-electron chi connectivity index (χ0n) is 20.2. The molecule has 0 aromatic heterocycles. The van der Waals surface area contributed by atoms with E-state index in [9.17, 15) is 14.7 Å². The number of anilines is 1. The maximum Gasteiger partial charge on any atom is 0.417 e. The van der Waals surface area contributed by atoms with Crippen LogP contribution in [0.4, 0.5) is 10.5 Å². The van der Waals surface area contributed by atoms with E-state index in [1.807, 2.05) is 0 Å². The first-order chi connectivity index (χ1) is 16.1. The van der Waals surface area contributed by atoms with Gasteiger partial charge in [-0.15, -0.1) is 0 Å². The number of carbonyl (C=O) groups is 2. The Morgan fingerprint density at radius 3 is 2.62 bits per heavy atom. The first-order valence-electron chi connectivity index (χ1n) is 11.4. The second kappa shape index (κ2) is 10.5. The Kier molecular flexibility index (Phi) is 7.93. The Morgan fingerprint density at radius 2 is 1.97 bits per heavy atom. The normalized spacial score (nSPS) is 19.8. The van der Waals surface area contributed by atoms with Crippen LogP contribution in [0.15, 0.2) is 24.5 Å². The van der Waals surface area contributed by atoms with Crippen LogP contribution in [-0.2, 0) is 9.62 Å². The molecule has 2 aliphatic rings. The van der Waals surface area contributed by atoms with E-state index in [1.165, 1.54) is 13.2 Å². The molecule has 2 N–H and O–H groups in total. The molecule has 0 saturated carbocycles. The molecule has 0 aliphatic carbocycles. The van der Waals surface area contributed by atoms with Crippen LogP contribution in [0, 0.1) is 0 Å². The van der Waals surface area contributed by atoms with Gasteiger partial charge < -0.3 is 29.1 Å². The number of nitrogens with zero attached hydrogens (tertiary/aromatic N) is 2. The minimum Gasteiger partial charge on any atom is -0.493 e. The van der Waals surface area contributed by atoms with Gasteiger partial charge in [0.2, 0.25) is 0 Å². The van der Waals surface area contributed by atoms with Crippen molar-refractivity contribution in [2.24, 2.45) is 0 Å². The van der Waals surface area contributed by atoms with Gasteiger partial charge in [-0.25, -0.2) is 15.0 Å². The van der Waals surface area contributed by atoms with E-state index >= 15 is 0 Å². The third-order valence-corrected chi connectivity index (χ3v) is 5.77. The summed E-state index contributed by atoms with van der Waals surface area (Å²) in [5.74, 6) is 0.652. The van der Waals surface area contributed by atoms with Gasteiger partial charge in [-0.3, -0.25) is 4.79 Å². The van der Waals surface area contributed by atoms with Crippen molar-refractivity contribution in [2.45, 2.75) is 70.7 Å². The molecular formula is C24H34N2O8. The van der Waals surface area contributed by atoms with Crippen molar-refractivity contribution in [3.8, 4) is 11.5 Å². The van der Waals surface area contributed by atoms with Gasteiger partial charge in [-0.05, 0) is 52.5 Å². The predicted molar refractivity (Wildman–Crippen MR) is 124 cm³/mol. The lowest BCUT2D eigenvalue weighted by Crippen LogP contribution is -2.51. The van der Waals surface area contributed by atoms with Gasteiger partial charge >= 0.3 is 6.09 Å². The van der Waals surface area contributed by atoms with Crippen molar-refractivity contribution < 1.29 is 39.1 Å². The summed E-state index contributed by atoms with van der Waals surface area (Å²) in [5, 5.41) is 19.8. The molecule has 1 aromatic carbocycles. The fourth-order valence-electron chi connectivity index (χ4n) is 4.19. The number of benzene rings is 1. The van der Waals surface area contributed by atoms with Crippen LogP contribution in [0.2, 0.25) is 0 Å². The molecule has 1 saturated heterocycles. The number of unbranched alkanes of at least 4 members (excludes halogenated alkanes) is 1. The molecule has 1 fully saturated rings. The Labute approximate surface area is 199 Å². The van der Waals surface area contributed by atoms with Crippen molar-refractivity contribution >= 4 is 17.7 Å². The van der Waals surface area contributed by atoms with Gasteiger partial charge in [-0.2, -0.15) is 0 Å². The van der Waals surface area contributed by atoms with Crippen molar-refractivity contribution in [3.63, 3.8) is 0 Å². The second-order valence-electron chi connectivity index (χ2n) is 9.43. The maximum atomic E-state index is 13.4. The number of amides is 2. The van der Waals surface area contributed by atoms with Gasteiger partial charge in [0.25, 0.3) is 5.91 Å². The van der Waals surface area contributed by atoms with Gasteiger partial charge in [-0.1, -0.05) is 6.58 Å². The van der Waals surface area contributed by atoms with Gasteiger partial charge in [0.15, 0.2) is 17.7 Å². The van der Waals surface area contributed by atoms with Crippen molar-refractivity contribution in [1.82, 2.24) is 4.90 Å². The lowest BCUT2D eigenvalue weighted by Gasteiger charge is -2.33. The molecule has 1 aromatic rings. The first-order valence-corrected chi connectivity index (χ1v) is 11.4. The highest BCUT2D eigenvalue weighted by Gasteiger charge is 2.45. The van der Waals surface area contributed by atoms with E-state index in [2.05, 4.69) is 11.5 Å². The zero-order chi connectivity index (χ0) is 25.0. The summed E-state index contributed by atoms with van der Waals surface area (Å²) in [7, 11) is 1.47. The highest BCUT2D eigenvalue weighted by atomic mass is 17.1. The molecule has 0 spiro atoms. The number of aliphatic hydroxyl groups is 1. The Bertz CT molecular complexity index is 926. The second-order valence-corrected chi connectivity index (χ2v) is 9.43. The molecule has 2 aliphatic heterocycles. The Morgan fingerprint density at radius 1 is 1.24 bits per heavy atom. The van der Waals surface area contributed by atoms with Crippen molar-refractivity contribution in [1.29, 1.82) is 0 Å². The van der Waals surface area contributed by atoms with Gasteiger partial charge in [0, 0.05) is 19.0 Å². The molecule has 2 unspecified atom stereocenters. The van der Waals surface area contributed by atoms with E-state index in [0.29, 0.717) is 50.3 Å². The Hall–Kier alpha value is -2.98. The van der Waals surface area contributed by atoms with Gasteiger partial charge in [0.1, 0.15) is 11.4 Å². The van der Waals surface area contributed by atoms with Gasteiger partial charge in [0.05, 0.1) is 31.0 Å². The van der Waals surface area contributed by atoms with Crippen molar-refractivity contribution in [2.75, 3.05) is 25.2 Å². The van der Waals surface area contributed by atoms with Crippen LogP contribution in [0.1, 0.15) is 63.2 Å². The van der Waals surface area contributed by atoms with E-state index in [4.69, 9.17) is 19.5 Å². The number of aliphatic hydroxyl groups excluding tert-OH is 1. The molecule has 2 atom stereocenters. The molecule has 2 amide bonds. The summed E-state index contributed by atoms with van der Waals surface area (Å²) in [6.45, 7) is 9.58. The average Bonchev–Trinajstić information content (AvgIpc) is 3.24. The van der Waals surface area contributed by atoms with E-state index in [-0.39, 0.29) is 22.9 Å². The predicted octanol–water partition coefficient (Wildman–Crippen LogP) is 3.93. The van der Waals surface area contributed by atoms with Crippen LogP contribution in [0.5, 0.6) is 11.5 Å². The van der Waals surface area contributed by atoms with E-state index < -0.39 is 24.0 Å². The summed E-state index contributed by atoms with van der Waals surface area (Å²) in [5.41, 5.74) is -0.356. The number of carbonyl (C=O) groups excluding carboxylic acids is 2. The third kappa shape index (κ3) is 5.56. The smallest absolute Gasteiger partial charge is 0.417 e. The molecular weight excluding hydrogens is 444 g/mol. The van der Waals surface area contributed by atoms with E-state index in [0.717, 1.165) is 11.3 Å². The summed E-state index contributed by atoms with van der Waals surface area (Å²) >= 11 is 0. The van der Waals surface area contributed by atoms with E-state index in [1.54, 1.807) is 31.7 Å². The van der Waals surface area contributed by atoms with Crippen LogP contribution < -0.4 is 14.4 Å². The standard InChI is InChI=1S/C24H34N2O8/c1-15(34-30)9-6-7-12-32-20-14-18-16(13-19(20)31-5)21(27)25-11-8-10-17(25)22(28)26(18)23(29)33-24(2,3)4/h13-14,17,22,28,30H,1,6-12H2,2-5H3. The number of hydrogen-bond donors (Lipinski definition) is 2. The fraction of sp³-hybridized carbons (Fsp3) is 0.583. The summed E-state index contributed by atoms with van der Waals surface area (Å²) in [6.07, 6.45) is 1.07. The molecule has 3 rings (SSSR count). The molecule has 10 nitrogen and oxygen atoms in total. The third-order valence-electron chi connectivity index (χ3n) is 5.77. The minimum absolute atomic E-state index is 0.207. The summed E-state index contributed by atoms with van der Waals surface area (Å²) < 4.78 is 16.9. The number of methoxy groups -OCH3 is 1. The number of allylic oxidation sites excluding steroid dienone is 1. The van der Waals surface area contributed by atoms with Crippen LogP contribution >= 0.6 is 0 Å². The molecule has 10 heteroatoms. The fourth-order valence-corrected chi connectivity index (χ4v) is 4.19. The topological polar surface area (TPSA) is 118 Å².